The predicted octanol–water partition coefficient (Wildman–Crippen LogP) is 5.87. The molecule has 0 N–H and O–H groups in total. The lowest BCUT2D eigenvalue weighted by Crippen LogP contribution is -2.08. The average Bonchev–Trinajstić information content (AvgIpc) is 3.29. The van der Waals surface area contributed by atoms with E-state index in [9.17, 15) is 13.6 Å². The molecule has 0 radical (unpaired) electrons. The Morgan fingerprint density at radius 3 is 2.69 bits per heavy atom. The number of benzene rings is 3. The van der Waals surface area contributed by atoms with Gasteiger partial charge in [0.05, 0.1) is 33.5 Å². The van der Waals surface area contributed by atoms with Gasteiger partial charge in [-0.25, -0.2) is 18.7 Å². The number of nitrogens with zero attached hydrogens (tertiary/aromatic N) is 4. The van der Waals surface area contributed by atoms with Crippen LogP contribution in [0.5, 0.6) is 5.75 Å². The topological polar surface area (TPSA) is 69.9 Å². The number of rotatable bonds is 6. The van der Waals surface area contributed by atoms with Gasteiger partial charge in [-0.15, -0.1) is 0 Å². The molecule has 9 heteroatoms. The van der Waals surface area contributed by atoms with Crippen LogP contribution in [0.1, 0.15) is 27.2 Å². The molecule has 0 unspecified atom stereocenters. The van der Waals surface area contributed by atoms with Gasteiger partial charge in [0.25, 0.3) is 0 Å². The largest absolute Gasteiger partial charge is 0.487 e. The molecule has 174 valence electrons. The van der Waals surface area contributed by atoms with E-state index >= 15 is 0 Å². The van der Waals surface area contributed by atoms with Crippen molar-refractivity contribution in [1.29, 1.82) is 0 Å². The molecule has 0 fully saturated rings. The van der Waals surface area contributed by atoms with Gasteiger partial charge in [0.2, 0.25) is 0 Å². The van der Waals surface area contributed by atoms with E-state index in [4.69, 9.17) is 16.3 Å². The first-order valence-corrected chi connectivity index (χ1v) is 10.9. The monoisotopic (exact) mass is 490 g/mol. The van der Waals surface area contributed by atoms with Crippen LogP contribution in [-0.4, -0.2) is 25.3 Å². The number of fused-ring (bicyclic) bond motifs is 1. The molecule has 0 atom stereocenters. The van der Waals surface area contributed by atoms with Crippen LogP contribution < -0.4 is 4.74 Å². The zero-order chi connectivity index (χ0) is 24.5. The van der Waals surface area contributed by atoms with Crippen LogP contribution in [0.2, 0.25) is 5.02 Å². The Bertz CT molecular complexity index is 1590. The lowest BCUT2D eigenvalue weighted by Gasteiger charge is -2.12. The van der Waals surface area contributed by atoms with Crippen LogP contribution >= 0.6 is 11.6 Å². The van der Waals surface area contributed by atoms with E-state index in [1.54, 1.807) is 41.5 Å². The number of ketones is 1. The first-order chi connectivity index (χ1) is 16.9. The second-order valence-electron chi connectivity index (χ2n) is 7.84. The standard InChI is InChI=1S/C26H17ClF2N4O2/c1-15-12-33(14-31-15)23-11-30-20-7-5-17(10-21(20)32-23)26(34)24-19(29)6-8-22(25(24)27)35-13-16-3-2-4-18(28)9-16/h2-12,14H,13H2,1H3. The van der Waals surface area contributed by atoms with Crippen LogP contribution in [0.4, 0.5) is 8.78 Å². The van der Waals surface area contributed by atoms with E-state index in [1.165, 1.54) is 30.3 Å². The van der Waals surface area contributed by atoms with Gasteiger partial charge in [-0.05, 0) is 55.0 Å². The molecule has 35 heavy (non-hydrogen) atoms. The lowest BCUT2D eigenvalue weighted by atomic mass is 10.0. The van der Waals surface area contributed by atoms with E-state index in [-0.39, 0.29) is 28.5 Å². The SMILES string of the molecule is Cc1cn(-c2cnc3ccc(C(=O)c4c(F)ccc(OCc5cccc(F)c5)c4Cl)cc3n2)cn1. The molecule has 0 bridgehead atoms. The minimum Gasteiger partial charge on any atom is -0.487 e. The van der Waals surface area contributed by atoms with Crippen molar-refractivity contribution < 1.29 is 18.3 Å². The number of carbonyl (C=O) groups excluding carboxylic acids is 1. The van der Waals surface area contributed by atoms with Gasteiger partial charge < -0.3 is 4.74 Å². The minimum absolute atomic E-state index is 0.00118. The number of hydrogen-bond acceptors (Lipinski definition) is 5. The van der Waals surface area contributed by atoms with Gasteiger partial charge in [-0.2, -0.15) is 0 Å². The van der Waals surface area contributed by atoms with E-state index < -0.39 is 17.4 Å². The summed E-state index contributed by atoms with van der Waals surface area (Å²) in [6.45, 7) is 1.86. The molecule has 0 saturated heterocycles. The normalized spacial score (nSPS) is 11.1. The number of ether oxygens (including phenoxy) is 1. The van der Waals surface area contributed by atoms with Crippen molar-refractivity contribution in [1.82, 2.24) is 19.5 Å². The Hall–Kier alpha value is -4.17. The van der Waals surface area contributed by atoms with Crippen LogP contribution in [0.15, 0.2) is 73.3 Å². The molecule has 0 saturated carbocycles. The maximum atomic E-state index is 14.7. The minimum atomic E-state index is -0.785. The van der Waals surface area contributed by atoms with Crippen LogP contribution in [0.25, 0.3) is 16.9 Å². The van der Waals surface area contributed by atoms with Crippen molar-refractivity contribution in [3.05, 3.63) is 112 Å². The Morgan fingerprint density at radius 2 is 1.91 bits per heavy atom. The number of halogens is 3. The molecule has 0 aliphatic carbocycles. The summed E-state index contributed by atoms with van der Waals surface area (Å²) in [5.41, 5.74) is 2.28. The average molecular weight is 491 g/mol. The van der Waals surface area contributed by atoms with Gasteiger partial charge in [-0.1, -0.05) is 23.7 Å². The van der Waals surface area contributed by atoms with E-state index in [1.807, 2.05) is 6.92 Å². The molecule has 3 aromatic carbocycles. The van der Waals surface area contributed by atoms with Gasteiger partial charge in [-0.3, -0.25) is 14.3 Å². The molecule has 0 aliphatic heterocycles. The van der Waals surface area contributed by atoms with Crippen LogP contribution in [-0.2, 0) is 6.61 Å². The van der Waals surface area contributed by atoms with E-state index in [0.29, 0.717) is 22.4 Å². The summed E-state index contributed by atoms with van der Waals surface area (Å²) in [5, 5.41) is -0.166. The second kappa shape index (κ2) is 9.23. The van der Waals surface area contributed by atoms with Crippen LogP contribution in [0, 0.1) is 18.6 Å². The highest BCUT2D eigenvalue weighted by molar-refractivity contribution is 6.36. The molecule has 0 spiro atoms. The molecule has 5 aromatic rings. The van der Waals surface area contributed by atoms with E-state index in [0.717, 1.165) is 11.8 Å². The van der Waals surface area contributed by atoms with Crippen molar-refractivity contribution in [2.75, 3.05) is 0 Å². The number of aryl methyl sites for hydroxylation is 1. The summed E-state index contributed by atoms with van der Waals surface area (Å²) in [4.78, 5) is 26.4. The number of aromatic nitrogens is 4. The Kier molecular flexibility index (Phi) is 5.96. The van der Waals surface area contributed by atoms with Crippen LogP contribution in [0.3, 0.4) is 0 Å². The summed E-state index contributed by atoms with van der Waals surface area (Å²) in [5.74, 6) is -1.18. The third kappa shape index (κ3) is 4.61. The summed E-state index contributed by atoms with van der Waals surface area (Å²) in [7, 11) is 0. The molecule has 2 aromatic heterocycles. The van der Waals surface area contributed by atoms with Gasteiger partial charge in [0.1, 0.15) is 30.3 Å². The van der Waals surface area contributed by atoms with Gasteiger partial charge >= 0.3 is 0 Å². The number of carbonyl (C=O) groups is 1. The quantitative estimate of drug-likeness (QED) is 0.279. The Morgan fingerprint density at radius 1 is 1.06 bits per heavy atom. The lowest BCUT2D eigenvalue weighted by molar-refractivity contribution is 0.103. The zero-order valence-electron chi connectivity index (χ0n) is 18.4. The molecule has 2 heterocycles. The number of imidazole rings is 1. The van der Waals surface area contributed by atoms with Crippen molar-refractivity contribution in [3.63, 3.8) is 0 Å². The van der Waals surface area contributed by atoms with Crippen molar-refractivity contribution >= 4 is 28.4 Å². The molecular formula is C26H17ClF2N4O2. The summed E-state index contributed by atoms with van der Waals surface area (Å²) >= 11 is 6.38. The molecule has 5 rings (SSSR count). The van der Waals surface area contributed by atoms with Crippen molar-refractivity contribution in [3.8, 4) is 11.6 Å². The maximum absolute atomic E-state index is 14.7. The molecule has 6 nitrogen and oxygen atoms in total. The highest BCUT2D eigenvalue weighted by atomic mass is 35.5. The fraction of sp³-hybridized carbons (Fsp3) is 0.0769. The summed E-state index contributed by atoms with van der Waals surface area (Å²) in [6, 6.07) is 13.0. The Balaban J connectivity index is 1.47. The molecule has 0 aliphatic rings. The third-order valence-electron chi connectivity index (χ3n) is 5.33. The smallest absolute Gasteiger partial charge is 0.197 e. The van der Waals surface area contributed by atoms with Gasteiger partial charge in [0.15, 0.2) is 11.6 Å². The fourth-order valence-electron chi connectivity index (χ4n) is 3.60. The van der Waals surface area contributed by atoms with Crippen molar-refractivity contribution in [2.45, 2.75) is 13.5 Å². The maximum Gasteiger partial charge on any atom is 0.197 e. The summed E-state index contributed by atoms with van der Waals surface area (Å²) < 4.78 is 35.5. The second-order valence-corrected chi connectivity index (χ2v) is 8.21. The number of hydrogen-bond donors (Lipinski definition) is 0. The first-order valence-electron chi connectivity index (χ1n) is 10.6. The highest BCUT2D eigenvalue weighted by Crippen LogP contribution is 2.33. The van der Waals surface area contributed by atoms with Gasteiger partial charge in [0, 0.05) is 11.8 Å². The van der Waals surface area contributed by atoms with Crippen molar-refractivity contribution in [2.24, 2.45) is 0 Å². The fourth-order valence-corrected chi connectivity index (χ4v) is 3.89. The third-order valence-corrected chi connectivity index (χ3v) is 5.71. The highest BCUT2D eigenvalue weighted by Gasteiger charge is 2.22. The molecular weight excluding hydrogens is 474 g/mol. The Labute approximate surface area is 203 Å². The summed E-state index contributed by atoms with van der Waals surface area (Å²) in [6.07, 6.45) is 5.01. The first kappa shape index (κ1) is 22.6. The molecule has 0 amide bonds. The van der Waals surface area contributed by atoms with E-state index in [2.05, 4.69) is 15.0 Å². The predicted molar refractivity (Wildman–Crippen MR) is 127 cm³/mol. The zero-order valence-corrected chi connectivity index (χ0v) is 19.1.